The maximum Gasteiger partial charge on any atom is 0.204 e. The monoisotopic (exact) mass is 353 g/mol. The van der Waals surface area contributed by atoms with E-state index in [4.69, 9.17) is 0 Å². The van der Waals surface area contributed by atoms with Crippen molar-refractivity contribution in [1.82, 2.24) is 0 Å². The molecule has 0 spiro atoms. The number of hydrogen-bond donors (Lipinski definition) is 0. The highest BCUT2D eigenvalue weighted by atomic mass is 16.1. The Bertz CT molecular complexity index is 1040. The molecule has 0 saturated carbocycles. The Morgan fingerprint density at radius 2 is 1.70 bits per heavy atom. The van der Waals surface area contributed by atoms with E-state index in [1.165, 1.54) is 5.56 Å². The second-order valence-corrected chi connectivity index (χ2v) is 7.25. The van der Waals surface area contributed by atoms with Crippen molar-refractivity contribution in [2.75, 3.05) is 0 Å². The molecule has 2 heteroatoms. The molecule has 0 unspecified atom stereocenters. The zero-order chi connectivity index (χ0) is 19.6. The molecule has 0 aromatic heterocycles. The molecular formula is C25H23NO. The van der Waals surface area contributed by atoms with Crippen molar-refractivity contribution >= 4 is 11.9 Å². The van der Waals surface area contributed by atoms with E-state index in [0.717, 1.165) is 27.8 Å². The van der Waals surface area contributed by atoms with Crippen LogP contribution in [0.1, 0.15) is 52.4 Å². The average molecular weight is 353 g/mol. The highest BCUT2D eigenvalue weighted by Crippen LogP contribution is 2.37. The van der Waals surface area contributed by atoms with Gasteiger partial charge in [0.2, 0.25) is 5.78 Å². The molecule has 0 amide bonds. The van der Waals surface area contributed by atoms with Gasteiger partial charge in [0.25, 0.3) is 0 Å². The zero-order valence-electron chi connectivity index (χ0n) is 16.2. The van der Waals surface area contributed by atoms with Crippen LogP contribution in [0.15, 0.2) is 60.2 Å². The van der Waals surface area contributed by atoms with Crippen molar-refractivity contribution in [3.05, 3.63) is 88.0 Å². The van der Waals surface area contributed by atoms with E-state index in [2.05, 4.69) is 38.1 Å². The molecule has 0 radical (unpaired) electrons. The molecule has 1 aromatic rings. The number of benzene rings is 1. The number of allylic oxidation sites excluding steroid dienone is 1. The lowest BCUT2D eigenvalue weighted by Crippen LogP contribution is -2.02. The third-order valence-corrected chi connectivity index (χ3v) is 4.94. The summed E-state index contributed by atoms with van der Waals surface area (Å²) < 4.78 is 0. The lowest BCUT2D eigenvalue weighted by Gasteiger charge is -2.05. The molecule has 0 saturated heterocycles. The zero-order valence-corrected chi connectivity index (χ0v) is 16.2. The van der Waals surface area contributed by atoms with Gasteiger partial charge in [-0.25, -0.2) is 0 Å². The molecule has 1 aromatic carbocycles. The molecule has 2 aliphatic rings. The van der Waals surface area contributed by atoms with Gasteiger partial charge in [0.15, 0.2) is 0 Å². The Balaban J connectivity index is 2.14. The van der Waals surface area contributed by atoms with Crippen LogP contribution in [0.5, 0.6) is 0 Å². The van der Waals surface area contributed by atoms with Crippen LogP contribution < -0.4 is 0 Å². The first kappa shape index (κ1) is 18.6. The number of ketones is 1. The number of rotatable bonds is 4. The highest BCUT2D eigenvalue weighted by Gasteiger charge is 2.23. The lowest BCUT2D eigenvalue weighted by atomic mass is 9.96. The molecule has 3 rings (SSSR count). The lowest BCUT2D eigenvalue weighted by molar-refractivity contribution is 0.104. The topological polar surface area (TPSA) is 40.9 Å². The van der Waals surface area contributed by atoms with Crippen LogP contribution in [0, 0.1) is 25.2 Å². The van der Waals surface area contributed by atoms with Gasteiger partial charge in [-0.05, 0) is 65.3 Å². The van der Waals surface area contributed by atoms with Crippen LogP contribution in [-0.4, -0.2) is 5.78 Å². The molecule has 2 aliphatic carbocycles. The van der Waals surface area contributed by atoms with Crippen molar-refractivity contribution in [3.8, 4) is 17.2 Å². The normalized spacial score (nSPS) is 11.6. The Labute approximate surface area is 161 Å². The molecule has 0 heterocycles. The van der Waals surface area contributed by atoms with Crippen LogP contribution in [0.2, 0.25) is 0 Å². The van der Waals surface area contributed by atoms with Crippen LogP contribution in [0.4, 0.5) is 0 Å². The van der Waals surface area contributed by atoms with Gasteiger partial charge in [0, 0.05) is 5.56 Å². The van der Waals surface area contributed by atoms with Crippen LogP contribution in [-0.2, 0) is 0 Å². The Morgan fingerprint density at radius 3 is 2.33 bits per heavy atom. The summed E-state index contributed by atoms with van der Waals surface area (Å²) in [5.41, 5.74) is 6.98. The van der Waals surface area contributed by atoms with Crippen LogP contribution in [0.25, 0.3) is 17.2 Å². The van der Waals surface area contributed by atoms with Crippen molar-refractivity contribution in [2.45, 2.75) is 33.6 Å². The van der Waals surface area contributed by atoms with E-state index in [9.17, 15) is 10.1 Å². The largest absolute Gasteiger partial charge is 0.288 e. The highest BCUT2D eigenvalue weighted by molar-refractivity contribution is 6.18. The first-order valence-electron chi connectivity index (χ1n) is 9.17. The fourth-order valence-electron chi connectivity index (χ4n) is 3.39. The molecule has 134 valence electrons. The Hall–Kier alpha value is -3.18. The maximum atomic E-state index is 13.2. The van der Waals surface area contributed by atoms with Gasteiger partial charge >= 0.3 is 0 Å². The summed E-state index contributed by atoms with van der Waals surface area (Å²) in [4.78, 5) is 13.2. The fourth-order valence-corrected chi connectivity index (χ4v) is 3.39. The van der Waals surface area contributed by atoms with E-state index in [1.54, 1.807) is 6.08 Å². The third kappa shape index (κ3) is 3.68. The van der Waals surface area contributed by atoms with E-state index in [1.807, 2.05) is 50.2 Å². The number of carbonyl (C=O) groups excluding carboxylic acids is 1. The number of Topliss-reactive ketones (excluding diaryl/α,β-unsaturated/α-hetero) is 1. The van der Waals surface area contributed by atoms with Crippen LogP contribution in [0.3, 0.4) is 0 Å². The van der Waals surface area contributed by atoms with Gasteiger partial charge in [-0.1, -0.05) is 62.4 Å². The second-order valence-electron chi connectivity index (χ2n) is 7.25. The number of nitriles is 1. The SMILES string of the molecule is Cc1cc(C(=O)/C(C#N)=C/c2ccccc2)c2c(C)ccc(C(C)C)cc1-2. The summed E-state index contributed by atoms with van der Waals surface area (Å²) in [6.45, 7) is 8.37. The average Bonchev–Trinajstić information content (AvgIpc) is 2.87. The Morgan fingerprint density at radius 1 is 1.00 bits per heavy atom. The number of nitrogens with zero attached hydrogens (tertiary/aromatic N) is 1. The summed E-state index contributed by atoms with van der Waals surface area (Å²) >= 11 is 0. The number of fused-ring (bicyclic) bond motifs is 1. The number of hydrogen-bond acceptors (Lipinski definition) is 2. The van der Waals surface area contributed by atoms with E-state index in [0.29, 0.717) is 11.5 Å². The first-order valence-corrected chi connectivity index (χ1v) is 9.17. The van der Waals surface area contributed by atoms with E-state index >= 15 is 0 Å². The Kier molecular flexibility index (Phi) is 5.23. The molecule has 0 N–H and O–H groups in total. The smallest absolute Gasteiger partial charge is 0.204 e. The molecule has 2 nitrogen and oxygen atoms in total. The number of aryl methyl sites for hydroxylation is 2. The number of carbonyl (C=O) groups is 1. The minimum absolute atomic E-state index is 0.156. The quantitative estimate of drug-likeness (QED) is 0.313. The predicted molar refractivity (Wildman–Crippen MR) is 111 cm³/mol. The second kappa shape index (κ2) is 7.60. The van der Waals surface area contributed by atoms with Crippen molar-refractivity contribution in [3.63, 3.8) is 0 Å². The van der Waals surface area contributed by atoms with Crippen LogP contribution >= 0.6 is 0 Å². The maximum absolute atomic E-state index is 13.2. The summed E-state index contributed by atoms with van der Waals surface area (Å²) in [5, 5.41) is 9.59. The summed E-state index contributed by atoms with van der Waals surface area (Å²) in [6.07, 6.45) is 1.66. The summed E-state index contributed by atoms with van der Waals surface area (Å²) in [7, 11) is 0. The first-order chi connectivity index (χ1) is 12.9. The van der Waals surface area contributed by atoms with E-state index in [-0.39, 0.29) is 11.4 Å². The van der Waals surface area contributed by atoms with E-state index < -0.39 is 0 Å². The molecule has 27 heavy (non-hydrogen) atoms. The standard InChI is InChI=1S/C25H23NO/c1-16(2)20-11-10-17(3)24-22(14-20)18(4)12-23(24)25(27)21(15-26)13-19-8-6-5-7-9-19/h5-14,16H,1-4H3/b21-13+. The van der Waals surface area contributed by atoms with Crippen molar-refractivity contribution in [1.29, 1.82) is 5.26 Å². The molecule has 0 bridgehead atoms. The van der Waals surface area contributed by atoms with Gasteiger partial charge < -0.3 is 0 Å². The molecular weight excluding hydrogens is 330 g/mol. The molecule has 0 atom stereocenters. The minimum Gasteiger partial charge on any atom is -0.288 e. The minimum atomic E-state index is -0.222. The van der Waals surface area contributed by atoms with Gasteiger partial charge in [-0.3, -0.25) is 4.79 Å². The van der Waals surface area contributed by atoms with Gasteiger partial charge in [-0.2, -0.15) is 5.26 Å². The van der Waals surface area contributed by atoms with Gasteiger partial charge in [-0.15, -0.1) is 0 Å². The fraction of sp³-hybridized carbons (Fsp3) is 0.200. The van der Waals surface area contributed by atoms with Gasteiger partial charge in [0.05, 0.1) is 0 Å². The van der Waals surface area contributed by atoms with Crippen molar-refractivity contribution in [2.24, 2.45) is 0 Å². The molecule has 0 fully saturated rings. The van der Waals surface area contributed by atoms with Gasteiger partial charge in [0.1, 0.15) is 11.6 Å². The summed E-state index contributed by atoms with van der Waals surface area (Å²) in [6, 6.07) is 19.9. The predicted octanol–water partition coefficient (Wildman–Crippen LogP) is 6.32. The molecule has 0 aliphatic heterocycles. The third-order valence-electron chi connectivity index (χ3n) is 4.94. The summed E-state index contributed by atoms with van der Waals surface area (Å²) in [5.74, 6) is 0.181. The van der Waals surface area contributed by atoms with Crippen molar-refractivity contribution < 1.29 is 4.79 Å².